The molecule has 0 saturated carbocycles. The first-order chi connectivity index (χ1) is 12.2. The van der Waals surface area contributed by atoms with Crippen molar-refractivity contribution in [3.63, 3.8) is 0 Å². The zero-order valence-electron chi connectivity index (χ0n) is 14.2. The van der Waals surface area contributed by atoms with Gasteiger partial charge in [-0.3, -0.25) is 19.4 Å². The van der Waals surface area contributed by atoms with Crippen molar-refractivity contribution in [1.82, 2.24) is 30.0 Å². The van der Waals surface area contributed by atoms with Crippen LogP contribution < -0.4 is 5.32 Å². The summed E-state index contributed by atoms with van der Waals surface area (Å²) in [7, 11) is 0. The van der Waals surface area contributed by atoms with Crippen LogP contribution in [0.5, 0.6) is 0 Å². The first-order valence-electron chi connectivity index (χ1n) is 8.63. The lowest BCUT2D eigenvalue weighted by Crippen LogP contribution is -2.53. The zero-order chi connectivity index (χ0) is 17.5. The van der Waals surface area contributed by atoms with Crippen LogP contribution in [0, 0.1) is 0 Å². The van der Waals surface area contributed by atoms with E-state index >= 15 is 0 Å². The first-order valence-corrected chi connectivity index (χ1v) is 8.63. The molecule has 1 amide bonds. The molecule has 0 aliphatic carbocycles. The molecular formula is C17H24N6O2. The highest BCUT2D eigenvalue weighted by Crippen LogP contribution is 2.14. The van der Waals surface area contributed by atoms with E-state index in [1.807, 2.05) is 18.2 Å². The van der Waals surface area contributed by atoms with Gasteiger partial charge in [0.25, 0.3) is 0 Å². The first kappa shape index (κ1) is 17.5. The maximum absolute atomic E-state index is 12.1. The maximum atomic E-state index is 12.1. The number of piperidine rings is 1. The van der Waals surface area contributed by atoms with Gasteiger partial charge in [-0.1, -0.05) is 6.07 Å². The number of aromatic nitrogens is 4. The highest BCUT2D eigenvalue weighted by molar-refractivity contribution is 5.76. The molecule has 1 aliphatic heterocycles. The molecule has 3 heterocycles. The van der Waals surface area contributed by atoms with Gasteiger partial charge in [-0.15, -0.1) is 0 Å². The summed E-state index contributed by atoms with van der Waals surface area (Å²) >= 11 is 0. The van der Waals surface area contributed by atoms with Gasteiger partial charge in [-0.25, -0.2) is 4.98 Å². The fourth-order valence-electron chi connectivity index (χ4n) is 3.06. The monoisotopic (exact) mass is 344 g/mol. The molecule has 2 aromatic heterocycles. The predicted molar refractivity (Wildman–Crippen MR) is 91.3 cm³/mol. The number of carbonyl (C=O) groups excluding carboxylic acids is 1. The Labute approximate surface area is 146 Å². The topological polar surface area (TPSA) is 96.2 Å². The summed E-state index contributed by atoms with van der Waals surface area (Å²) in [6, 6.07) is 5.66. The summed E-state index contributed by atoms with van der Waals surface area (Å²) in [5.41, 5.74) is 0.991. The Balaban J connectivity index is 1.38. The maximum Gasteiger partial charge on any atom is 0.220 e. The highest BCUT2D eigenvalue weighted by Gasteiger charge is 2.28. The van der Waals surface area contributed by atoms with Gasteiger partial charge in [0.15, 0.2) is 0 Å². The molecule has 0 aromatic carbocycles. The van der Waals surface area contributed by atoms with Gasteiger partial charge in [0, 0.05) is 38.8 Å². The fraction of sp³-hybridized carbons (Fsp3) is 0.529. The Morgan fingerprint density at radius 2 is 2.32 bits per heavy atom. The van der Waals surface area contributed by atoms with E-state index in [1.165, 1.54) is 6.33 Å². The van der Waals surface area contributed by atoms with E-state index in [0.717, 1.165) is 25.2 Å². The van der Waals surface area contributed by atoms with Crippen molar-refractivity contribution in [2.45, 2.75) is 44.5 Å². The van der Waals surface area contributed by atoms with Crippen LogP contribution in [0.25, 0.3) is 0 Å². The molecule has 8 heteroatoms. The lowest BCUT2D eigenvalue weighted by molar-refractivity contribution is -0.123. The number of hydrogen-bond acceptors (Lipinski definition) is 6. The molecule has 0 unspecified atom stereocenters. The number of rotatable bonds is 7. The number of nitrogens with zero attached hydrogens (tertiary/aromatic N) is 5. The Hall–Kier alpha value is -2.32. The molecule has 0 spiro atoms. The van der Waals surface area contributed by atoms with E-state index in [-0.39, 0.29) is 11.9 Å². The molecule has 1 saturated heterocycles. The van der Waals surface area contributed by atoms with E-state index < -0.39 is 6.10 Å². The number of pyridine rings is 1. The Kier molecular flexibility index (Phi) is 6.08. The van der Waals surface area contributed by atoms with Crippen LogP contribution in [-0.2, 0) is 17.9 Å². The molecule has 2 atom stereocenters. The number of aliphatic hydroxyl groups is 1. The van der Waals surface area contributed by atoms with Crippen LogP contribution >= 0.6 is 0 Å². The molecule has 3 rings (SSSR count). The Morgan fingerprint density at radius 1 is 1.40 bits per heavy atom. The van der Waals surface area contributed by atoms with Crippen molar-refractivity contribution in [2.24, 2.45) is 0 Å². The van der Waals surface area contributed by atoms with Crippen LogP contribution in [0.3, 0.4) is 0 Å². The molecule has 2 N–H and O–H groups in total. The van der Waals surface area contributed by atoms with Crippen molar-refractivity contribution < 1.29 is 9.90 Å². The summed E-state index contributed by atoms with van der Waals surface area (Å²) in [5, 5.41) is 17.3. The number of nitrogens with one attached hydrogen (secondary N) is 1. The highest BCUT2D eigenvalue weighted by atomic mass is 16.3. The van der Waals surface area contributed by atoms with Gasteiger partial charge in [0.2, 0.25) is 5.91 Å². The number of aryl methyl sites for hydroxylation is 1. The molecule has 8 nitrogen and oxygen atoms in total. The summed E-state index contributed by atoms with van der Waals surface area (Å²) in [5.74, 6) is -0.0256. The lowest BCUT2D eigenvalue weighted by atomic mass is 10.0. The van der Waals surface area contributed by atoms with Gasteiger partial charge in [-0.2, -0.15) is 5.10 Å². The van der Waals surface area contributed by atoms with Gasteiger partial charge >= 0.3 is 0 Å². The molecule has 2 aromatic rings. The third-order valence-corrected chi connectivity index (χ3v) is 4.38. The van der Waals surface area contributed by atoms with Gasteiger partial charge in [0.05, 0.1) is 17.8 Å². The van der Waals surface area contributed by atoms with Crippen LogP contribution in [-0.4, -0.2) is 60.9 Å². The minimum atomic E-state index is -0.559. The molecule has 134 valence electrons. The lowest BCUT2D eigenvalue weighted by Gasteiger charge is -2.36. The van der Waals surface area contributed by atoms with Gasteiger partial charge in [-0.05, 0) is 25.0 Å². The average molecular weight is 344 g/mol. The standard InChI is InChI=1S/C17H24N6O2/c24-16-11-22(10-14-4-1-2-7-19-14)9-6-15(16)21-17(25)5-3-8-23-13-18-12-20-23/h1-2,4,7,12-13,15-16,24H,3,5-6,8-11H2,(H,21,25)/t15-,16-/m1/s1. The average Bonchev–Trinajstić information content (AvgIpc) is 3.12. The summed E-state index contributed by atoms with van der Waals surface area (Å²) in [4.78, 5) is 22.4. The summed E-state index contributed by atoms with van der Waals surface area (Å²) < 4.78 is 1.71. The van der Waals surface area contributed by atoms with Crippen molar-refractivity contribution in [3.05, 3.63) is 42.7 Å². The van der Waals surface area contributed by atoms with E-state index in [1.54, 1.807) is 17.2 Å². The smallest absolute Gasteiger partial charge is 0.220 e. The fourth-order valence-corrected chi connectivity index (χ4v) is 3.06. The SMILES string of the molecule is O=C(CCCn1cncn1)N[C@@H]1CCN(Cc2ccccn2)C[C@H]1O. The number of likely N-dealkylation sites (tertiary alicyclic amines) is 1. The van der Waals surface area contributed by atoms with E-state index in [2.05, 4.69) is 25.3 Å². The second-order valence-corrected chi connectivity index (χ2v) is 6.35. The summed E-state index contributed by atoms with van der Waals surface area (Å²) in [6.45, 7) is 2.76. The van der Waals surface area contributed by atoms with E-state index in [9.17, 15) is 9.90 Å². The van der Waals surface area contributed by atoms with Crippen molar-refractivity contribution in [1.29, 1.82) is 0 Å². The van der Waals surface area contributed by atoms with Gasteiger partial charge in [0.1, 0.15) is 12.7 Å². The third kappa shape index (κ3) is 5.33. The Morgan fingerprint density at radius 3 is 3.04 bits per heavy atom. The normalized spacial score (nSPS) is 21.2. The van der Waals surface area contributed by atoms with Crippen molar-refractivity contribution in [2.75, 3.05) is 13.1 Å². The minimum absolute atomic E-state index is 0.0256. The largest absolute Gasteiger partial charge is 0.390 e. The summed E-state index contributed by atoms with van der Waals surface area (Å²) in [6.07, 6.45) is 6.19. The quantitative estimate of drug-likeness (QED) is 0.745. The number of aliphatic hydroxyl groups excluding tert-OH is 1. The molecule has 0 radical (unpaired) electrons. The molecule has 1 fully saturated rings. The number of carbonyl (C=O) groups is 1. The van der Waals surface area contributed by atoms with E-state index in [4.69, 9.17) is 0 Å². The molecule has 1 aliphatic rings. The van der Waals surface area contributed by atoms with Crippen molar-refractivity contribution in [3.8, 4) is 0 Å². The Bertz CT molecular complexity index is 648. The number of β-amino-alcohol motifs (C(OH)–C–C–N with tert-alkyl or cyclic N) is 1. The molecular weight excluding hydrogens is 320 g/mol. The van der Waals surface area contributed by atoms with Crippen LogP contribution in [0.1, 0.15) is 25.0 Å². The minimum Gasteiger partial charge on any atom is -0.390 e. The zero-order valence-corrected chi connectivity index (χ0v) is 14.2. The van der Waals surface area contributed by atoms with Gasteiger partial charge < -0.3 is 10.4 Å². The van der Waals surface area contributed by atoms with E-state index in [0.29, 0.717) is 25.9 Å². The van der Waals surface area contributed by atoms with Crippen molar-refractivity contribution >= 4 is 5.91 Å². The number of amides is 1. The molecule has 25 heavy (non-hydrogen) atoms. The van der Waals surface area contributed by atoms with Crippen LogP contribution in [0.4, 0.5) is 0 Å². The number of hydrogen-bond donors (Lipinski definition) is 2. The second-order valence-electron chi connectivity index (χ2n) is 6.35. The van der Waals surface area contributed by atoms with Crippen LogP contribution in [0.15, 0.2) is 37.1 Å². The second kappa shape index (κ2) is 8.68. The predicted octanol–water partition coefficient (Wildman–Crippen LogP) is 0.205. The van der Waals surface area contributed by atoms with Crippen LogP contribution in [0.2, 0.25) is 0 Å². The third-order valence-electron chi connectivity index (χ3n) is 4.38. The molecule has 0 bridgehead atoms.